The smallest absolute Gasteiger partial charge is 0.228 e. The molecule has 0 aromatic carbocycles. The summed E-state index contributed by atoms with van der Waals surface area (Å²) in [5, 5.41) is 13.2. The van der Waals surface area contributed by atoms with Gasteiger partial charge in [-0.05, 0) is 38.1 Å². The summed E-state index contributed by atoms with van der Waals surface area (Å²) < 4.78 is 2.19. The lowest BCUT2D eigenvalue weighted by Crippen LogP contribution is -2.00. The minimum absolute atomic E-state index is 0.308. The maximum atomic E-state index is 9.02. The Morgan fingerprint density at radius 3 is 2.78 bits per heavy atom. The molecule has 27 heavy (non-hydrogen) atoms. The first-order valence-corrected chi connectivity index (χ1v) is 8.57. The van der Waals surface area contributed by atoms with Crippen LogP contribution < -0.4 is 5.32 Å². The number of nitrogens with one attached hydrogen (secondary N) is 1. The van der Waals surface area contributed by atoms with E-state index in [0.717, 1.165) is 22.2 Å². The number of fused-ring (bicyclic) bond motifs is 1. The molecule has 0 radical (unpaired) electrons. The van der Waals surface area contributed by atoms with E-state index < -0.39 is 0 Å². The normalized spacial score (nSPS) is 10.9. The summed E-state index contributed by atoms with van der Waals surface area (Å²) in [6.45, 7) is 4.27. The molecule has 1 N–H and O–H groups in total. The van der Waals surface area contributed by atoms with Crippen molar-refractivity contribution in [1.82, 2.24) is 24.5 Å². The number of aromatic nitrogens is 5. The van der Waals surface area contributed by atoms with Gasteiger partial charge in [0.1, 0.15) is 5.82 Å². The van der Waals surface area contributed by atoms with E-state index in [2.05, 4.69) is 55.9 Å². The molecule has 0 fully saturated rings. The summed E-state index contributed by atoms with van der Waals surface area (Å²) >= 11 is 0. The Kier molecular flexibility index (Phi) is 4.22. The monoisotopic (exact) mass is 355 g/mol. The molecule has 0 aliphatic heterocycles. The molecule has 4 aromatic rings. The third-order valence-electron chi connectivity index (χ3n) is 4.25. The molecule has 7 nitrogen and oxygen atoms in total. The summed E-state index contributed by atoms with van der Waals surface area (Å²) in [5.41, 5.74) is 3.42. The van der Waals surface area contributed by atoms with Crippen molar-refractivity contribution in [2.75, 3.05) is 5.32 Å². The van der Waals surface area contributed by atoms with E-state index in [1.165, 1.54) is 0 Å². The lowest BCUT2D eigenvalue weighted by atomic mass is 10.1. The van der Waals surface area contributed by atoms with E-state index >= 15 is 0 Å². The average molecular weight is 355 g/mol. The zero-order chi connectivity index (χ0) is 18.8. The predicted octanol–water partition coefficient (Wildman–Crippen LogP) is 4.08. The minimum Gasteiger partial charge on any atom is -0.343 e. The Morgan fingerprint density at radius 2 is 1.96 bits per heavy atom. The Morgan fingerprint density at radius 1 is 1.11 bits per heavy atom. The number of anilines is 2. The summed E-state index contributed by atoms with van der Waals surface area (Å²) in [4.78, 5) is 17.4. The molecular weight excluding hydrogens is 338 g/mol. The number of hydrogen-bond acceptors (Lipinski definition) is 6. The van der Waals surface area contributed by atoms with Crippen LogP contribution in [0.5, 0.6) is 0 Å². The molecule has 0 bridgehead atoms. The quantitative estimate of drug-likeness (QED) is 0.593. The highest BCUT2D eigenvalue weighted by Gasteiger charge is 2.14. The molecule has 0 unspecified atom stereocenters. The molecule has 0 aliphatic rings. The van der Waals surface area contributed by atoms with Crippen molar-refractivity contribution < 1.29 is 0 Å². The van der Waals surface area contributed by atoms with Crippen LogP contribution in [0.3, 0.4) is 0 Å². The van der Waals surface area contributed by atoms with E-state index in [0.29, 0.717) is 23.4 Å². The van der Waals surface area contributed by atoms with Gasteiger partial charge in [-0.3, -0.25) is 4.98 Å². The van der Waals surface area contributed by atoms with Gasteiger partial charge in [0, 0.05) is 41.8 Å². The van der Waals surface area contributed by atoms with Crippen LogP contribution in [0.4, 0.5) is 11.8 Å². The van der Waals surface area contributed by atoms with Crippen molar-refractivity contribution in [3.63, 3.8) is 0 Å². The highest BCUT2D eigenvalue weighted by atomic mass is 15.1. The van der Waals surface area contributed by atoms with Crippen molar-refractivity contribution in [1.29, 1.82) is 5.26 Å². The number of pyridine rings is 2. The molecule has 0 aliphatic carbocycles. The molecule has 0 spiro atoms. The van der Waals surface area contributed by atoms with E-state index in [1.54, 1.807) is 30.7 Å². The number of nitriles is 1. The Hall–Kier alpha value is -3.79. The van der Waals surface area contributed by atoms with Crippen molar-refractivity contribution in [3.8, 4) is 17.3 Å². The van der Waals surface area contributed by atoms with Crippen molar-refractivity contribution in [3.05, 3.63) is 60.8 Å². The van der Waals surface area contributed by atoms with Gasteiger partial charge in [0.05, 0.1) is 29.0 Å². The summed E-state index contributed by atoms with van der Waals surface area (Å²) in [6.07, 6.45) is 9.04. The van der Waals surface area contributed by atoms with Crippen LogP contribution in [0, 0.1) is 11.3 Å². The van der Waals surface area contributed by atoms with Gasteiger partial charge in [-0.2, -0.15) is 5.26 Å². The van der Waals surface area contributed by atoms with E-state index in [9.17, 15) is 0 Å². The molecular formula is C20H17N7. The van der Waals surface area contributed by atoms with Crippen LogP contribution in [-0.4, -0.2) is 24.5 Å². The number of nitrogens with zero attached hydrogens (tertiary/aromatic N) is 6. The van der Waals surface area contributed by atoms with Crippen molar-refractivity contribution >= 4 is 22.7 Å². The Balaban J connectivity index is 1.75. The Labute approximate surface area is 156 Å². The second kappa shape index (κ2) is 6.84. The topological polar surface area (TPSA) is 92.3 Å². The molecule has 4 rings (SSSR count). The van der Waals surface area contributed by atoms with Crippen LogP contribution >= 0.6 is 0 Å². The third-order valence-corrected chi connectivity index (χ3v) is 4.25. The second-order valence-corrected chi connectivity index (χ2v) is 6.37. The highest BCUT2D eigenvalue weighted by molar-refractivity contribution is 5.94. The van der Waals surface area contributed by atoms with Gasteiger partial charge in [-0.25, -0.2) is 15.0 Å². The minimum atomic E-state index is 0.308. The lowest BCUT2D eigenvalue weighted by Gasteiger charge is -2.08. The second-order valence-electron chi connectivity index (χ2n) is 6.37. The van der Waals surface area contributed by atoms with E-state index in [-0.39, 0.29) is 0 Å². The van der Waals surface area contributed by atoms with Gasteiger partial charge in [0.2, 0.25) is 5.95 Å². The van der Waals surface area contributed by atoms with Crippen LogP contribution in [0.2, 0.25) is 0 Å². The van der Waals surface area contributed by atoms with Crippen molar-refractivity contribution in [2.24, 2.45) is 0 Å². The fourth-order valence-corrected chi connectivity index (χ4v) is 2.98. The van der Waals surface area contributed by atoms with Crippen molar-refractivity contribution in [2.45, 2.75) is 19.9 Å². The molecule has 132 valence electrons. The van der Waals surface area contributed by atoms with Gasteiger partial charge < -0.3 is 9.88 Å². The van der Waals surface area contributed by atoms with Gasteiger partial charge >= 0.3 is 0 Å². The van der Waals surface area contributed by atoms with Gasteiger partial charge in [-0.15, -0.1) is 0 Å². The maximum Gasteiger partial charge on any atom is 0.228 e. The van der Waals surface area contributed by atoms with Gasteiger partial charge in [0.25, 0.3) is 0 Å². The Bertz CT molecular complexity index is 1150. The zero-order valence-electron chi connectivity index (χ0n) is 15.0. The molecule has 7 heteroatoms. The first kappa shape index (κ1) is 16.7. The third kappa shape index (κ3) is 3.20. The fraction of sp³-hybridized carbons (Fsp3) is 0.150. The molecule has 0 amide bonds. The number of rotatable bonds is 4. The SMILES string of the molecule is CC(C)n1cc(-c2ccnc(Nc3cc(C#N)ccn3)n2)c2ccncc21. The molecule has 0 atom stereocenters. The number of hydrogen-bond donors (Lipinski definition) is 1. The van der Waals surface area contributed by atoms with Gasteiger partial charge in [-0.1, -0.05) is 0 Å². The van der Waals surface area contributed by atoms with E-state index in [4.69, 9.17) is 5.26 Å². The van der Waals surface area contributed by atoms with Gasteiger partial charge in [0.15, 0.2) is 0 Å². The van der Waals surface area contributed by atoms with Crippen LogP contribution in [0.15, 0.2) is 55.2 Å². The standard InChI is InChI=1S/C20H17N7/c1-13(2)27-12-16(15-4-6-22-11-18(15)27)17-5-8-24-20(25-17)26-19-9-14(10-21)3-7-23-19/h3-9,11-13H,1-2H3,(H,23,24,25,26). The molecule has 0 saturated carbocycles. The molecule has 0 saturated heterocycles. The predicted molar refractivity (Wildman–Crippen MR) is 103 cm³/mol. The zero-order valence-corrected chi connectivity index (χ0v) is 15.0. The summed E-state index contributed by atoms with van der Waals surface area (Å²) in [5.74, 6) is 0.953. The fourth-order valence-electron chi connectivity index (χ4n) is 2.98. The first-order chi connectivity index (χ1) is 13.2. The van der Waals surface area contributed by atoms with E-state index in [1.807, 2.05) is 18.3 Å². The first-order valence-electron chi connectivity index (χ1n) is 8.57. The molecule has 4 heterocycles. The average Bonchev–Trinajstić information content (AvgIpc) is 3.08. The van der Waals surface area contributed by atoms with Crippen LogP contribution in [0.1, 0.15) is 25.5 Å². The summed E-state index contributed by atoms with van der Waals surface area (Å²) in [7, 11) is 0. The lowest BCUT2D eigenvalue weighted by molar-refractivity contribution is 0.622. The summed E-state index contributed by atoms with van der Waals surface area (Å²) in [6, 6.07) is 9.59. The van der Waals surface area contributed by atoms with Crippen LogP contribution in [0.25, 0.3) is 22.2 Å². The highest BCUT2D eigenvalue weighted by Crippen LogP contribution is 2.31. The van der Waals surface area contributed by atoms with Crippen LogP contribution in [-0.2, 0) is 0 Å². The largest absolute Gasteiger partial charge is 0.343 e. The maximum absolute atomic E-state index is 9.02. The molecule has 4 aromatic heterocycles.